The van der Waals surface area contributed by atoms with Crippen LogP contribution in [-0.4, -0.2) is 43.0 Å². The molecule has 1 heterocycles. The number of hydrogen-bond acceptors (Lipinski definition) is 4. The fraction of sp³-hybridized carbons (Fsp3) is 0.467. The smallest absolute Gasteiger partial charge is 0.229 e. The number of carbonyl (C=O) groups is 2. The van der Waals surface area contributed by atoms with E-state index < -0.39 is 0 Å². The van der Waals surface area contributed by atoms with Crippen LogP contribution in [0.25, 0.3) is 0 Å². The summed E-state index contributed by atoms with van der Waals surface area (Å²) >= 11 is 0. The van der Waals surface area contributed by atoms with Gasteiger partial charge in [-0.3, -0.25) is 9.59 Å². The van der Waals surface area contributed by atoms with E-state index in [0.717, 1.165) is 0 Å². The third kappa shape index (κ3) is 4.61. The van der Waals surface area contributed by atoms with Crippen LogP contribution in [0, 0.1) is 5.92 Å². The molecule has 0 radical (unpaired) electrons. The quantitative estimate of drug-likeness (QED) is 0.823. The Labute approximate surface area is 136 Å². The highest BCUT2D eigenvalue weighted by atomic mass is 35.5. The summed E-state index contributed by atoms with van der Waals surface area (Å²) in [7, 11) is 0. The van der Waals surface area contributed by atoms with E-state index in [1.165, 1.54) is 0 Å². The van der Waals surface area contributed by atoms with Crippen molar-refractivity contribution in [3.05, 3.63) is 24.3 Å². The number of amides is 2. The fourth-order valence-electron chi connectivity index (χ4n) is 2.31. The Morgan fingerprint density at radius 1 is 1.41 bits per heavy atom. The molecule has 3 N–H and O–H groups in total. The van der Waals surface area contributed by atoms with Gasteiger partial charge in [-0.2, -0.15) is 0 Å². The third-order valence-electron chi connectivity index (χ3n) is 3.48. The van der Waals surface area contributed by atoms with Gasteiger partial charge in [-0.05, 0) is 31.2 Å². The number of benzene rings is 1. The summed E-state index contributed by atoms with van der Waals surface area (Å²) in [5, 5.41) is 2.83. The average molecular weight is 328 g/mol. The van der Waals surface area contributed by atoms with E-state index in [1.54, 1.807) is 29.2 Å². The van der Waals surface area contributed by atoms with Crippen molar-refractivity contribution < 1.29 is 14.3 Å². The highest BCUT2D eigenvalue weighted by molar-refractivity contribution is 5.97. The second-order valence-electron chi connectivity index (χ2n) is 4.98. The number of nitrogens with one attached hydrogen (secondary N) is 1. The number of rotatable bonds is 6. The van der Waals surface area contributed by atoms with Crippen molar-refractivity contribution in [3.8, 4) is 5.75 Å². The van der Waals surface area contributed by atoms with Crippen molar-refractivity contribution in [1.29, 1.82) is 0 Å². The Bertz CT molecular complexity index is 507. The third-order valence-corrected chi connectivity index (χ3v) is 3.48. The van der Waals surface area contributed by atoms with Crippen LogP contribution in [0.3, 0.4) is 0 Å². The van der Waals surface area contributed by atoms with E-state index in [1.807, 2.05) is 6.92 Å². The molecule has 0 bridgehead atoms. The number of halogens is 1. The summed E-state index contributed by atoms with van der Waals surface area (Å²) in [6.45, 7) is 3.98. The number of carbonyl (C=O) groups excluding carboxylic acids is 2. The molecule has 1 aliphatic heterocycles. The minimum atomic E-state index is -0.273. The predicted octanol–water partition coefficient (Wildman–Crippen LogP) is 1.25. The van der Waals surface area contributed by atoms with Gasteiger partial charge >= 0.3 is 0 Å². The van der Waals surface area contributed by atoms with Crippen LogP contribution < -0.4 is 15.8 Å². The van der Waals surface area contributed by atoms with Crippen LogP contribution in [0.15, 0.2) is 24.3 Å². The number of nitrogens with zero attached hydrogens (tertiary/aromatic N) is 1. The van der Waals surface area contributed by atoms with Crippen LogP contribution in [0.4, 0.5) is 5.69 Å². The summed E-state index contributed by atoms with van der Waals surface area (Å²) in [5.41, 5.74) is 6.06. The van der Waals surface area contributed by atoms with Gasteiger partial charge in [-0.15, -0.1) is 12.4 Å². The van der Waals surface area contributed by atoms with Gasteiger partial charge in [0.1, 0.15) is 12.4 Å². The first-order valence-corrected chi connectivity index (χ1v) is 7.15. The van der Waals surface area contributed by atoms with Crippen LogP contribution in [0.5, 0.6) is 5.75 Å². The summed E-state index contributed by atoms with van der Waals surface area (Å²) in [6, 6.07) is 7.11. The van der Waals surface area contributed by atoms with Gasteiger partial charge in [-0.1, -0.05) is 0 Å². The Morgan fingerprint density at radius 2 is 2.09 bits per heavy atom. The highest BCUT2D eigenvalue weighted by Crippen LogP contribution is 2.21. The lowest BCUT2D eigenvalue weighted by Crippen LogP contribution is -2.28. The van der Waals surface area contributed by atoms with Crippen LogP contribution >= 0.6 is 12.4 Å². The van der Waals surface area contributed by atoms with Crippen molar-refractivity contribution in [2.75, 3.05) is 31.6 Å². The Morgan fingerprint density at radius 3 is 2.64 bits per heavy atom. The van der Waals surface area contributed by atoms with Gasteiger partial charge in [0, 0.05) is 31.7 Å². The van der Waals surface area contributed by atoms with Gasteiger partial charge in [-0.25, -0.2) is 0 Å². The molecule has 22 heavy (non-hydrogen) atoms. The van der Waals surface area contributed by atoms with Crippen molar-refractivity contribution in [2.45, 2.75) is 13.3 Å². The first-order valence-electron chi connectivity index (χ1n) is 7.15. The van der Waals surface area contributed by atoms with Crippen molar-refractivity contribution >= 4 is 29.9 Å². The molecule has 2 amide bonds. The summed E-state index contributed by atoms with van der Waals surface area (Å²) < 4.78 is 5.37. The Hall–Kier alpha value is -1.79. The van der Waals surface area contributed by atoms with Crippen LogP contribution in [0.2, 0.25) is 0 Å². The SMILES string of the molecule is CCN1CC(C(=O)Nc2ccc(OCCN)cc2)CC1=O.Cl. The van der Waals surface area contributed by atoms with E-state index in [2.05, 4.69) is 5.32 Å². The molecule has 1 saturated heterocycles. The van der Waals surface area contributed by atoms with Gasteiger partial charge in [0.2, 0.25) is 11.8 Å². The minimum absolute atomic E-state index is 0. The lowest BCUT2D eigenvalue weighted by atomic mass is 10.1. The van der Waals surface area contributed by atoms with Crippen LogP contribution in [-0.2, 0) is 9.59 Å². The Balaban J connectivity index is 0.00000242. The molecule has 0 aromatic heterocycles. The average Bonchev–Trinajstić information content (AvgIpc) is 2.88. The molecule has 122 valence electrons. The second-order valence-corrected chi connectivity index (χ2v) is 4.98. The zero-order chi connectivity index (χ0) is 15.2. The van der Waals surface area contributed by atoms with E-state index in [4.69, 9.17) is 10.5 Å². The maximum absolute atomic E-state index is 12.1. The van der Waals surface area contributed by atoms with Crippen molar-refractivity contribution in [3.63, 3.8) is 0 Å². The molecule has 0 aliphatic carbocycles. The molecule has 0 spiro atoms. The molecule has 1 aromatic carbocycles. The Kier molecular flexibility index (Phi) is 7.14. The largest absolute Gasteiger partial charge is 0.492 e. The first-order chi connectivity index (χ1) is 10.1. The molecular formula is C15H22ClN3O3. The van der Waals surface area contributed by atoms with E-state index >= 15 is 0 Å². The number of nitrogens with two attached hydrogens (primary N) is 1. The summed E-state index contributed by atoms with van der Waals surface area (Å²) in [5.74, 6) is 0.371. The predicted molar refractivity (Wildman–Crippen MR) is 87.2 cm³/mol. The molecular weight excluding hydrogens is 306 g/mol. The van der Waals surface area contributed by atoms with Crippen molar-refractivity contribution in [1.82, 2.24) is 4.90 Å². The van der Waals surface area contributed by atoms with Crippen molar-refractivity contribution in [2.24, 2.45) is 11.7 Å². The fourth-order valence-corrected chi connectivity index (χ4v) is 2.31. The lowest BCUT2D eigenvalue weighted by Gasteiger charge is -2.14. The molecule has 1 aliphatic rings. The lowest BCUT2D eigenvalue weighted by molar-refractivity contribution is -0.128. The summed E-state index contributed by atoms with van der Waals surface area (Å²) in [4.78, 5) is 25.5. The normalized spacial score (nSPS) is 17.1. The molecule has 2 rings (SSSR count). The molecule has 1 aromatic rings. The van der Waals surface area contributed by atoms with E-state index in [0.29, 0.717) is 37.7 Å². The molecule has 1 unspecified atom stereocenters. The van der Waals surface area contributed by atoms with Gasteiger partial charge in [0.25, 0.3) is 0 Å². The molecule has 0 saturated carbocycles. The topological polar surface area (TPSA) is 84.7 Å². The zero-order valence-electron chi connectivity index (χ0n) is 12.6. The van der Waals surface area contributed by atoms with E-state index in [9.17, 15) is 9.59 Å². The van der Waals surface area contributed by atoms with E-state index in [-0.39, 0.29) is 36.6 Å². The maximum Gasteiger partial charge on any atom is 0.229 e. The first kappa shape index (κ1) is 18.3. The maximum atomic E-state index is 12.1. The number of ether oxygens (including phenoxy) is 1. The molecule has 1 fully saturated rings. The number of anilines is 1. The molecule has 7 heteroatoms. The monoisotopic (exact) mass is 327 g/mol. The standard InChI is InChI=1S/C15H21N3O3.ClH/c1-2-18-10-11(9-14(18)19)15(20)17-12-3-5-13(6-4-12)21-8-7-16;/h3-6,11H,2,7-10,16H2,1H3,(H,17,20);1H. The minimum Gasteiger partial charge on any atom is -0.492 e. The molecule has 1 atom stereocenters. The van der Waals surface area contributed by atoms with Gasteiger partial charge in [0.05, 0.1) is 5.92 Å². The summed E-state index contributed by atoms with van der Waals surface area (Å²) in [6.07, 6.45) is 0.289. The zero-order valence-corrected chi connectivity index (χ0v) is 13.4. The number of likely N-dealkylation sites (tertiary alicyclic amines) is 1. The van der Waals surface area contributed by atoms with Gasteiger partial charge in [0.15, 0.2) is 0 Å². The van der Waals surface area contributed by atoms with Crippen LogP contribution in [0.1, 0.15) is 13.3 Å². The van der Waals surface area contributed by atoms with Gasteiger partial charge < -0.3 is 20.7 Å². The second kappa shape index (κ2) is 8.60. The highest BCUT2D eigenvalue weighted by Gasteiger charge is 2.33. The molecule has 6 nitrogen and oxygen atoms in total. The number of hydrogen-bond donors (Lipinski definition) is 2.